The Morgan fingerprint density at radius 3 is 2.29 bits per heavy atom. The van der Waals surface area contributed by atoms with Gasteiger partial charge in [0.25, 0.3) is 5.79 Å². The molecular weight excluding hydrogens is 382 g/mol. The first-order valence-corrected chi connectivity index (χ1v) is 8.15. The molecular formula is C16H18BrNO6. The molecule has 0 unspecified atom stereocenters. The number of nitrogens with one attached hydrogen (secondary N) is 1. The van der Waals surface area contributed by atoms with Crippen LogP contribution in [0.1, 0.15) is 25.8 Å². The minimum atomic E-state index is -1.30. The van der Waals surface area contributed by atoms with Crippen LogP contribution in [0.15, 0.2) is 28.7 Å². The summed E-state index contributed by atoms with van der Waals surface area (Å²) in [4.78, 5) is 35.1. The predicted molar refractivity (Wildman–Crippen MR) is 87.2 cm³/mol. The first-order chi connectivity index (χ1) is 11.2. The summed E-state index contributed by atoms with van der Waals surface area (Å²) in [5, 5.41) is 11.3. The SMILES string of the molecule is CC1(C)OC(=O)C(C[C@@H](Cc2ccc(Br)cc2)NC(=O)O)C(=O)O1. The molecule has 0 saturated carbocycles. The first-order valence-electron chi connectivity index (χ1n) is 7.36. The smallest absolute Gasteiger partial charge is 0.404 e. The van der Waals surface area contributed by atoms with Gasteiger partial charge >= 0.3 is 18.0 Å². The summed E-state index contributed by atoms with van der Waals surface area (Å²) in [7, 11) is 0. The Morgan fingerprint density at radius 1 is 1.25 bits per heavy atom. The molecule has 0 spiro atoms. The van der Waals surface area contributed by atoms with Crippen molar-refractivity contribution in [3.8, 4) is 0 Å². The lowest BCUT2D eigenvalue weighted by atomic mass is 9.94. The van der Waals surface area contributed by atoms with Crippen molar-refractivity contribution < 1.29 is 29.0 Å². The highest BCUT2D eigenvalue weighted by Gasteiger charge is 2.44. The minimum absolute atomic E-state index is 0.0316. The fourth-order valence-corrected chi connectivity index (χ4v) is 2.76. The van der Waals surface area contributed by atoms with Crippen molar-refractivity contribution in [1.29, 1.82) is 0 Å². The summed E-state index contributed by atoms with van der Waals surface area (Å²) in [6, 6.07) is 6.70. The standard InChI is InChI=1S/C16H18BrNO6/c1-16(2)23-13(19)12(14(20)24-16)8-11(18-15(21)22)7-9-3-5-10(17)6-4-9/h3-6,11-12,18H,7-8H2,1-2H3,(H,21,22)/t11-/m1/s1. The topological polar surface area (TPSA) is 102 Å². The van der Waals surface area contributed by atoms with Crippen LogP contribution in [0.5, 0.6) is 0 Å². The molecule has 130 valence electrons. The summed E-state index contributed by atoms with van der Waals surface area (Å²) in [5.41, 5.74) is 0.870. The van der Waals surface area contributed by atoms with Crippen LogP contribution in [0.2, 0.25) is 0 Å². The highest BCUT2D eigenvalue weighted by atomic mass is 79.9. The van der Waals surface area contributed by atoms with E-state index in [9.17, 15) is 14.4 Å². The number of carbonyl (C=O) groups is 3. The van der Waals surface area contributed by atoms with Gasteiger partial charge in [-0.1, -0.05) is 28.1 Å². The molecule has 2 N–H and O–H groups in total. The van der Waals surface area contributed by atoms with Crippen molar-refractivity contribution in [2.75, 3.05) is 0 Å². The van der Waals surface area contributed by atoms with Gasteiger partial charge in [-0.05, 0) is 30.5 Å². The largest absolute Gasteiger partial charge is 0.465 e. The molecule has 1 saturated heterocycles. The summed E-state index contributed by atoms with van der Waals surface area (Å²) in [6.45, 7) is 2.93. The fraction of sp³-hybridized carbons (Fsp3) is 0.438. The third kappa shape index (κ3) is 4.95. The van der Waals surface area contributed by atoms with Crippen molar-refractivity contribution >= 4 is 34.0 Å². The van der Waals surface area contributed by atoms with E-state index in [1.165, 1.54) is 13.8 Å². The Hall–Kier alpha value is -2.09. The van der Waals surface area contributed by atoms with Gasteiger partial charge in [0.1, 0.15) is 0 Å². The van der Waals surface area contributed by atoms with Crippen molar-refractivity contribution in [2.24, 2.45) is 5.92 Å². The van der Waals surface area contributed by atoms with Crippen molar-refractivity contribution in [2.45, 2.75) is 38.5 Å². The van der Waals surface area contributed by atoms with Gasteiger partial charge in [-0.2, -0.15) is 0 Å². The number of rotatable bonds is 5. The van der Waals surface area contributed by atoms with E-state index in [4.69, 9.17) is 14.6 Å². The second-order valence-corrected chi connectivity index (χ2v) is 6.92. The highest BCUT2D eigenvalue weighted by molar-refractivity contribution is 9.10. The molecule has 0 aromatic heterocycles. The maximum atomic E-state index is 12.0. The molecule has 2 rings (SSSR count). The zero-order valence-electron chi connectivity index (χ0n) is 13.2. The lowest BCUT2D eigenvalue weighted by Gasteiger charge is -2.34. The fourth-order valence-electron chi connectivity index (χ4n) is 2.49. The molecule has 0 radical (unpaired) electrons. The van der Waals surface area contributed by atoms with Crippen LogP contribution in [0.3, 0.4) is 0 Å². The quantitative estimate of drug-likeness (QED) is 0.582. The average molecular weight is 400 g/mol. The van der Waals surface area contributed by atoms with E-state index in [1.807, 2.05) is 24.3 Å². The van der Waals surface area contributed by atoms with Gasteiger partial charge in [0.15, 0.2) is 5.92 Å². The number of carboxylic acid groups (broad SMARTS) is 1. The summed E-state index contributed by atoms with van der Waals surface area (Å²) in [6.07, 6.45) is -0.925. The molecule has 1 aliphatic heterocycles. The normalized spacial score (nSPS) is 18.5. The third-order valence-electron chi connectivity index (χ3n) is 3.50. The molecule has 1 heterocycles. The third-order valence-corrected chi connectivity index (χ3v) is 4.03. The van der Waals surface area contributed by atoms with Gasteiger partial charge < -0.3 is 19.9 Å². The number of benzene rings is 1. The van der Waals surface area contributed by atoms with Gasteiger partial charge in [0, 0.05) is 24.4 Å². The van der Waals surface area contributed by atoms with Crippen LogP contribution >= 0.6 is 15.9 Å². The lowest BCUT2D eigenvalue weighted by Crippen LogP contribution is -2.49. The van der Waals surface area contributed by atoms with Crippen molar-refractivity contribution in [3.05, 3.63) is 34.3 Å². The number of hydrogen-bond acceptors (Lipinski definition) is 5. The maximum absolute atomic E-state index is 12.0. The van der Waals surface area contributed by atoms with Gasteiger partial charge in [0.05, 0.1) is 0 Å². The van der Waals surface area contributed by atoms with Gasteiger partial charge in [-0.3, -0.25) is 9.59 Å². The Morgan fingerprint density at radius 2 is 1.79 bits per heavy atom. The van der Waals surface area contributed by atoms with Gasteiger partial charge in [0.2, 0.25) is 0 Å². The molecule has 1 fully saturated rings. The molecule has 0 bridgehead atoms. The number of cyclic esters (lactones) is 2. The van der Waals surface area contributed by atoms with Crippen LogP contribution in [-0.2, 0) is 25.5 Å². The molecule has 7 nitrogen and oxygen atoms in total. The van der Waals surface area contributed by atoms with Gasteiger partial charge in [-0.15, -0.1) is 0 Å². The van der Waals surface area contributed by atoms with E-state index in [0.717, 1.165) is 10.0 Å². The Bertz CT molecular complexity index is 622. The molecule has 1 aromatic carbocycles. The van der Waals surface area contributed by atoms with Crippen LogP contribution in [-0.4, -0.2) is 35.0 Å². The zero-order valence-corrected chi connectivity index (χ0v) is 14.8. The van der Waals surface area contributed by atoms with E-state index in [-0.39, 0.29) is 6.42 Å². The zero-order chi connectivity index (χ0) is 17.9. The van der Waals surface area contributed by atoms with Crippen LogP contribution in [0, 0.1) is 5.92 Å². The van der Waals surface area contributed by atoms with E-state index in [2.05, 4.69) is 21.2 Å². The van der Waals surface area contributed by atoms with Crippen molar-refractivity contribution in [1.82, 2.24) is 5.32 Å². The van der Waals surface area contributed by atoms with Crippen LogP contribution in [0.4, 0.5) is 4.79 Å². The summed E-state index contributed by atoms with van der Waals surface area (Å²) < 4.78 is 11.0. The van der Waals surface area contributed by atoms with E-state index in [0.29, 0.717) is 6.42 Å². The van der Waals surface area contributed by atoms with E-state index >= 15 is 0 Å². The first kappa shape index (κ1) is 18.3. The second kappa shape index (κ2) is 7.21. The van der Waals surface area contributed by atoms with E-state index < -0.39 is 35.8 Å². The molecule has 1 atom stereocenters. The van der Waals surface area contributed by atoms with Crippen LogP contribution in [0.25, 0.3) is 0 Å². The Balaban J connectivity index is 2.10. The minimum Gasteiger partial charge on any atom is -0.465 e. The second-order valence-electron chi connectivity index (χ2n) is 6.01. The van der Waals surface area contributed by atoms with E-state index in [1.54, 1.807) is 0 Å². The predicted octanol–water partition coefficient (Wildman–Crippen LogP) is 2.47. The molecule has 1 aromatic rings. The summed E-state index contributed by atoms with van der Waals surface area (Å²) >= 11 is 3.33. The number of carbonyl (C=O) groups excluding carboxylic acids is 2. The Labute approximate surface area is 147 Å². The molecule has 0 aliphatic carbocycles. The monoisotopic (exact) mass is 399 g/mol. The average Bonchev–Trinajstić information content (AvgIpc) is 2.43. The lowest BCUT2D eigenvalue weighted by molar-refractivity contribution is -0.240. The maximum Gasteiger partial charge on any atom is 0.404 e. The molecule has 1 aliphatic rings. The Kier molecular flexibility index (Phi) is 5.48. The number of halogens is 1. The molecule has 8 heteroatoms. The molecule has 24 heavy (non-hydrogen) atoms. The number of esters is 2. The van der Waals surface area contributed by atoms with Crippen LogP contribution < -0.4 is 5.32 Å². The number of amides is 1. The number of ether oxygens (including phenoxy) is 2. The molecule has 1 amide bonds. The van der Waals surface area contributed by atoms with Gasteiger partial charge in [-0.25, -0.2) is 4.79 Å². The number of hydrogen-bond donors (Lipinski definition) is 2. The van der Waals surface area contributed by atoms with Crippen molar-refractivity contribution in [3.63, 3.8) is 0 Å². The highest BCUT2D eigenvalue weighted by Crippen LogP contribution is 2.26. The summed E-state index contributed by atoms with van der Waals surface area (Å²) in [5.74, 6) is -3.86.